The first-order valence-electron chi connectivity index (χ1n) is 7.70. The molecule has 0 spiro atoms. The van der Waals surface area contributed by atoms with Gasteiger partial charge in [0.2, 0.25) is 0 Å². The average molecular weight is 370 g/mol. The van der Waals surface area contributed by atoms with Gasteiger partial charge in [0.15, 0.2) is 0 Å². The van der Waals surface area contributed by atoms with E-state index in [1.165, 1.54) is 24.3 Å². The van der Waals surface area contributed by atoms with Crippen molar-refractivity contribution in [2.24, 2.45) is 0 Å². The fourth-order valence-corrected chi connectivity index (χ4v) is 3.51. The monoisotopic (exact) mass is 370 g/mol. The number of para-hydroxylation sites is 2. The van der Waals surface area contributed by atoms with Crippen LogP contribution in [0.2, 0.25) is 0 Å². The molecule has 0 saturated heterocycles. The van der Waals surface area contributed by atoms with Crippen LogP contribution in [0.3, 0.4) is 0 Å². The van der Waals surface area contributed by atoms with E-state index in [2.05, 4.69) is 10.0 Å². The number of rotatable bonds is 5. The summed E-state index contributed by atoms with van der Waals surface area (Å²) in [6.45, 7) is 0. The van der Waals surface area contributed by atoms with Crippen molar-refractivity contribution in [2.75, 3.05) is 10.0 Å². The number of carbonyl (C=O) groups excluding carboxylic acids is 1. The second kappa shape index (κ2) is 7.37. The van der Waals surface area contributed by atoms with Crippen LogP contribution in [0.15, 0.2) is 83.8 Å². The van der Waals surface area contributed by atoms with Gasteiger partial charge in [-0.25, -0.2) is 12.8 Å². The summed E-state index contributed by atoms with van der Waals surface area (Å²) in [6, 6.07) is 19.9. The van der Waals surface area contributed by atoms with Crippen molar-refractivity contribution >= 4 is 27.3 Å². The summed E-state index contributed by atoms with van der Waals surface area (Å²) < 4.78 is 41.1. The summed E-state index contributed by atoms with van der Waals surface area (Å²) in [7, 11) is -4.18. The fraction of sp³-hybridized carbons (Fsp3) is 0. The van der Waals surface area contributed by atoms with Gasteiger partial charge in [-0.1, -0.05) is 42.5 Å². The molecule has 26 heavy (non-hydrogen) atoms. The third kappa shape index (κ3) is 3.89. The van der Waals surface area contributed by atoms with Crippen LogP contribution in [0.4, 0.5) is 15.8 Å². The Hall–Kier alpha value is -3.19. The van der Waals surface area contributed by atoms with E-state index in [-0.39, 0.29) is 11.3 Å². The highest BCUT2D eigenvalue weighted by molar-refractivity contribution is 7.92. The Balaban J connectivity index is 1.90. The molecule has 5 nitrogen and oxygen atoms in total. The standard InChI is InChI=1S/C19H15FN2O3S/c20-16-11-5-7-13-18(16)26(24,25)22-17-12-6-4-10-15(17)19(23)21-14-8-2-1-3-9-14/h1-13,22H,(H,21,23). The molecule has 0 heterocycles. The van der Waals surface area contributed by atoms with Gasteiger partial charge in [0.1, 0.15) is 10.7 Å². The van der Waals surface area contributed by atoms with Crippen LogP contribution in [0.25, 0.3) is 0 Å². The number of anilines is 2. The Morgan fingerprint density at radius 1 is 0.808 bits per heavy atom. The molecule has 2 N–H and O–H groups in total. The zero-order valence-corrected chi connectivity index (χ0v) is 14.3. The molecule has 0 aliphatic rings. The maximum Gasteiger partial charge on any atom is 0.264 e. The Kier molecular flexibility index (Phi) is 4.99. The molecule has 0 aliphatic heterocycles. The summed E-state index contributed by atoms with van der Waals surface area (Å²) in [5.41, 5.74) is 0.754. The maximum absolute atomic E-state index is 13.8. The Morgan fingerprint density at radius 3 is 2.15 bits per heavy atom. The Morgan fingerprint density at radius 2 is 1.42 bits per heavy atom. The quantitative estimate of drug-likeness (QED) is 0.716. The van der Waals surface area contributed by atoms with Crippen molar-refractivity contribution in [1.82, 2.24) is 0 Å². The number of sulfonamides is 1. The number of halogens is 1. The zero-order chi connectivity index (χ0) is 18.6. The molecule has 0 unspecified atom stereocenters. The van der Waals surface area contributed by atoms with Crippen LogP contribution in [0.1, 0.15) is 10.4 Å². The highest BCUT2D eigenvalue weighted by Gasteiger charge is 2.21. The molecule has 3 rings (SSSR count). The van der Waals surface area contributed by atoms with Gasteiger partial charge in [-0.05, 0) is 36.4 Å². The molecule has 0 aromatic heterocycles. The molecule has 7 heteroatoms. The highest BCUT2D eigenvalue weighted by atomic mass is 32.2. The number of carbonyl (C=O) groups is 1. The number of benzene rings is 3. The van der Waals surface area contributed by atoms with Crippen LogP contribution < -0.4 is 10.0 Å². The number of hydrogen-bond donors (Lipinski definition) is 2. The van der Waals surface area contributed by atoms with Crippen molar-refractivity contribution in [3.8, 4) is 0 Å². The van der Waals surface area contributed by atoms with Crippen molar-refractivity contribution < 1.29 is 17.6 Å². The first-order chi connectivity index (χ1) is 12.5. The van der Waals surface area contributed by atoms with Gasteiger partial charge in [0, 0.05) is 5.69 Å². The van der Waals surface area contributed by atoms with Crippen LogP contribution in [0, 0.1) is 5.82 Å². The minimum atomic E-state index is -4.18. The molecule has 3 aromatic carbocycles. The average Bonchev–Trinajstić information content (AvgIpc) is 2.63. The van der Waals surface area contributed by atoms with Crippen molar-refractivity contribution in [3.05, 3.63) is 90.2 Å². The lowest BCUT2D eigenvalue weighted by atomic mass is 10.1. The third-order valence-corrected chi connectivity index (χ3v) is 4.97. The molecule has 3 aromatic rings. The van der Waals surface area contributed by atoms with Crippen LogP contribution in [-0.2, 0) is 10.0 Å². The molecule has 0 fully saturated rings. The minimum absolute atomic E-state index is 0.0594. The summed E-state index contributed by atoms with van der Waals surface area (Å²) >= 11 is 0. The van der Waals surface area contributed by atoms with Crippen molar-refractivity contribution in [2.45, 2.75) is 4.90 Å². The van der Waals surface area contributed by atoms with E-state index < -0.39 is 26.6 Å². The van der Waals surface area contributed by atoms with Gasteiger partial charge in [0.05, 0.1) is 11.3 Å². The molecular formula is C19H15FN2O3S. The fourth-order valence-electron chi connectivity index (χ4n) is 2.35. The second-order valence-corrected chi connectivity index (χ2v) is 7.05. The van der Waals surface area contributed by atoms with E-state index in [4.69, 9.17) is 0 Å². The lowest BCUT2D eigenvalue weighted by Gasteiger charge is -2.13. The molecule has 0 bridgehead atoms. The number of amides is 1. The molecule has 0 atom stereocenters. The van der Waals surface area contributed by atoms with Crippen molar-refractivity contribution in [1.29, 1.82) is 0 Å². The summed E-state index contributed by atoms with van der Waals surface area (Å²) in [5.74, 6) is -1.35. The minimum Gasteiger partial charge on any atom is -0.322 e. The van der Waals surface area contributed by atoms with Crippen LogP contribution >= 0.6 is 0 Å². The van der Waals surface area contributed by atoms with Crippen LogP contribution in [0.5, 0.6) is 0 Å². The normalized spacial score (nSPS) is 11.0. The lowest BCUT2D eigenvalue weighted by Crippen LogP contribution is -2.19. The van der Waals surface area contributed by atoms with Gasteiger partial charge in [-0.15, -0.1) is 0 Å². The third-order valence-electron chi connectivity index (χ3n) is 3.57. The van der Waals surface area contributed by atoms with Gasteiger partial charge in [-0.2, -0.15) is 0 Å². The predicted molar refractivity (Wildman–Crippen MR) is 98.0 cm³/mol. The largest absolute Gasteiger partial charge is 0.322 e. The van der Waals surface area contributed by atoms with Gasteiger partial charge >= 0.3 is 0 Å². The lowest BCUT2D eigenvalue weighted by molar-refractivity contribution is 0.102. The SMILES string of the molecule is O=C(Nc1ccccc1)c1ccccc1NS(=O)(=O)c1ccccc1F. The second-order valence-electron chi connectivity index (χ2n) is 5.40. The molecule has 132 valence electrons. The van der Waals surface area contributed by atoms with E-state index in [9.17, 15) is 17.6 Å². The maximum atomic E-state index is 13.8. The molecule has 0 aliphatic carbocycles. The van der Waals surface area contributed by atoms with E-state index in [0.29, 0.717) is 5.69 Å². The van der Waals surface area contributed by atoms with Crippen LogP contribution in [-0.4, -0.2) is 14.3 Å². The number of nitrogens with one attached hydrogen (secondary N) is 2. The molecule has 1 amide bonds. The summed E-state index contributed by atoms with van der Waals surface area (Å²) in [6.07, 6.45) is 0. The Labute approximate surface area is 150 Å². The first kappa shape index (κ1) is 17.6. The Bertz CT molecular complexity index is 1040. The van der Waals surface area contributed by atoms with Gasteiger partial charge in [0.25, 0.3) is 15.9 Å². The van der Waals surface area contributed by atoms with Crippen molar-refractivity contribution in [3.63, 3.8) is 0 Å². The van der Waals surface area contributed by atoms with Gasteiger partial charge < -0.3 is 5.32 Å². The van der Waals surface area contributed by atoms with Gasteiger partial charge in [-0.3, -0.25) is 9.52 Å². The predicted octanol–water partition coefficient (Wildman–Crippen LogP) is 3.88. The zero-order valence-electron chi connectivity index (χ0n) is 13.5. The summed E-state index contributed by atoms with van der Waals surface area (Å²) in [5, 5.41) is 2.69. The topological polar surface area (TPSA) is 75.3 Å². The number of hydrogen-bond acceptors (Lipinski definition) is 3. The van der Waals surface area contributed by atoms with E-state index >= 15 is 0 Å². The smallest absolute Gasteiger partial charge is 0.264 e. The van der Waals surface area contributed by atoms with E-state index in [1.54, 1.807) is 36.4 Å². The van der Waals surface area contributed by atoms with E-state index in [1.807, 2.05) is 6.07 Å². The first-order valence-corrected chi connectivity index (χ1v) is 9.18. The van der Waals surface area contributed by atoms with E-state index in [0.717, 1.165) is 12.1 Å². The summed E-state index contributed by atoms with van der Waals surface area (Å²) in [4.78, 5) is 12.0. The molecule has 0 saturated carbocycles. The molecular weight excluding hydrogens is 355 g/mol. The molecule has 0 radical (unpaired) electrons. The highest BCUT2D eigenvalue weighted by Crippen LogP contribution is 2.22.